The van der Waals surface area contributed by atoms with Crippen LogP contribution < -0.4 is 10.6 Å². The van der Waals surface area contributed by atoms with E-state index < -0.39 is 22.3 Å². The number of hydrogen-bond acceptors (Lipinski definition) is 12. The number of rotatable bonds is 18. The Hall–Kier alpha value is -6.18. The maximum Gasteiger partial charge on any atom is 0.264 e. The third kappa shape index (κ3) is 17.9. The van der Waals surface area contributed by atoms with E-state index in [9.17, 15) is 13.5 Å². The van der Waals surface area contributed by atoms with Crippen LogP contribution in [0.5, 0.6) is 0 Å². The third-order valence-corrected chi connectivity index (χ3v) is 13.8. The molecule has 0 spiro atoms. The minimum Gasteiger partial charge on any atom is -0.388 e. The van der Waals surface area contributed by atoms with Gasteiger partial charge in [-0.3, -0.25) is 4.18 Å². The van der Waals surface area contributed by atoms with Gasteiger partial charge in [0.05, 0.1) is 40.6 Å². The summed E-state index contributed by atoms with van der Waals surface area (Å²) in [6.07, 6.45) is 13.5. The number of hydrogen-bond donors (Lipinski definition) is 4. The molecule has 4 aromatic carbocycles. The van der Waals surface area contributed by atoms with Crippen LogP contribution >= 0.6 is 58.0 Å². The Balaban J connectivity index is 0.000000163. The van der Waals surface area contributed by atoms with Gasteiger partial charge in [-0.1, -0.05) is 145 Å². The third-order valence-electron chi connectivity index (χ3n) is 12.0. The van der Waals surface area contributed by atoms with Crippen molar-refractivity contribution in [1.29, 1.82) is 0 Å². The lowest BCUT2D eigenvalue weighted by Gasteiger charge is -2.20. The molecule has 6 aromatic heterocycles. The van der Waals surface area contributed by atoms with Crippen molar-refractivity contribution in [2.75, 3.05) is 49.9 Å². The van der Waals surface area contributed by atoms with E-state index in [4.69, 9.17) is 62.2 Å². The minimum atomic E-state index is -3.45. The summed E-state index contributed by atoms with van der Waals surface area (Å²) in [5.41, 5.74) is 6.84. The Bertz CT molecular complexity index is 3420. The van der Waals surface area contributed by atoms with Crippen LogP contribution in [-0.2, 0) is 14.3 Å². The fourth-order valence-corrected chi connectivity index (χ4v) is 9.94. The molecule has 0 radical (unpaired) electrons. The number of anilines is 1. The van der Waals surface area contributed by atoms with E-state index in [-0.39, 0.29) is 12.1 Å². The van der Waals surface area contributed by atoms with Crippen molar-refractivity contribution in [2.45, 2.75) is 50.0 Å². The SMILES string of the molecule is CNCCC(c1ccccc1)n1ccc2c(NC)ncnc21.CS(=O)(=O)OC(CCCl)c1ccccc1.ClCCC(c1ccccc1)n1ccc2c(Cl)ncnc21.Clc1ncnc2[nH]ccc12.OC(CCCl)c1ccccc1. The summed E-state index contributed by atoms with van der Waals surface area (Å²) >= 11 is 28.9. The van der Waals surface area contributed by atoms with Gasteiger partial charge in [0.15, 0.2) is 0 Å². The first-order chi connectivity index (χ1) is 37.9. The standard InChI is InChI=1S/C17H21N5.C15H13Cl2N3.C10H13ClO3S.C9H11ClO.C6H4ClN3/c1-18-10-8-15(13-6-4-3-5-7-13)22-11-9-14-16(19-2)20-12-21-17(14)22;16-8-6-13(11-4-2-1-3-5-11)20-9-7-12-14(17)18-10-19-15(12)20;1-15(12,13)14-10(7-8-11)9-5-3-2-4-6-9;10-7-6-9(11)8-4-2-1-3-5-8;7-5-4-1-2-8-6(4)10-3-9-5/h3-7,9,11-12,15,18H,8,10H2,1-2H3,(H,19,20,21);1-5,7,9-10,13H,6,8H2;2-6,10H,7-8H2,1H3;1-5,9,11H,6-7H2;1-3H,(H,8,9,10). The molecular formula is C57H62Cl5N11O4S. The van der Waals surface area contributed by atoms with Crippen molar-refractivity contribution in [2.24, 2.45) is 0 Å². The van der Waals surface area contributed by atoms with E-state index >= 15 is 0 Å². The molecule has 0 amide bonds. The van der Waals surface area contributed by atoms with Crippen LogP contribution in [0.1, 0.15) is 72.2 Å². The van der Waals surface area contributed by atoms with Gasteiger partial charge >= 0.3 is 0 Å². The predicted molar refractivity (Wildman–Crippen MR) is 319 cm³/mol. The summed E-state index contributed by atoms with van der Waals surface area (Å²) in [7, 11) is 0.415. The van der Waals surface area contributed by atoms with E-state index in [0.29, 0.717) is 40.8 Å². The van der Waals surface area contributed by atoms with Gasteiger partial charge in [-0.25, -0.2) is 29.9 Å². The summed E-state index contributed by atoms with van der Waals surface area (Å²) in [6, 6.07) is 45.8. The lowest BCUT2D eigenvalue weighted by Crippen LogP contribution is -2.17. The molecule has 21 heteroatoms. The number of aliphatic hydroxyl groups is 1. The molecule has 10 aromatic rings. The number of benzene rings is 4. The lowest BCUT2D eigenvalue weighted by atomic mass is 10.0. The number of nitrogens with zero attached hydrogens (tertiary/aromatic N) is 8. The summed E-state index contributed by atoms with van der Waals surface area (Å²) in [6.45, 7) is 0.948. The van der Waals surface area contributed by atoms with Gasteiger partial charge in [-0.05, 0) is 79.7 Å². The highest BCUT2D eigenvalue weighted by Gasteiger charge is 2.20. The number of fused-ring (bicyclic) bond motifs is 3. The highest BCUT2D eigenvalue weighted by atomic mass is 35.5. The molecule has 15 nitrogen and oxygen atoms in total. The zero-order chi connectivity index (χ0) is 55.7. The number of alkyl halides is 3. The first-order valence-electron chi connectivity index (χ1n) is 24.9. The van der Waals surface area contributed by atoms with Gasteiger partial charge in [0.25, 0.3) is 10.1 Å². The first-order valence-corrected chi connectivity index (χ1v) is 29.1. The zero-order valence-corrected chi connectivity index (χ0v) is 47.9. The summed E-state index contributed by atoms with van der Waals surface area (Å²) in [5.74, 6) is 2.30. The summed E-state index contributed by atoms with van der Waals surface area (Å²) < 4.78 is 31.4. The summed E-state index contributed by atoms with van der Waals surface area (Å²) in [4.78, 5) is 27.8. The van der Waals surface area contributed by atoms with Gasteiger partial charge in [0.1, 0.15) is 58.2 Å². The van der Waals surface area contributed by atoms with Gasteiger partial charge in [-0.2, -0.15) is 8.42 Å². The molecule has 4 N–H and O–H groups in total. The molecular weight excluding hydrogens is 1110 g/mol. The van der Waals surface area contributed by atoms with Crippen molar-refractivity contribution in [3.05, 3.63) is 210 Å². The average molecular weight is 1170 g/mol. The number of H-pyrrole nitrogens is 1. The van der Waals surface area contributed by atoms with Gasteiger partial charge in [0, 0.05) is 43.3 Å². The molecule has 0 aliphatic rings. The Morgan fingerprint density at radius 2 is 1.04 bits per heavy atom. The van der Waals surface area contributed by atoms with Crippen molar-refractivity contribution in [1.82, 2.24) is 49.3 Å². The molecule has 0 saturated heterocycles. The molecule has 6 heterocycles. The number of aliphatic hydroxyl groups excluding tert-OH is 1. The van der Waals surface area contributed by atoms with Gasteiger partial charge in [0.2, 0.25) is 0 Å². The molecule has 410 valence electrons. The largest absolute Gasteiger partial charge is 0.388 e. The molecule has 4 unspecified atom stereocenters. The zero-order valence-electron chi connectivity index (χ0n) is 43.3. The minimum absolute atomic E-state index is 0.150. The van der Waals surface area contributed by atoms with Crippen LogP contribution in [0.3, 0.4) is 0 Å². The monoisotopic (exact) mass is 1170 g/mol. The topological polar surface area (TPSA) is 191 Å². The molecule has 0 aliphatic heterocycles. The normalized spacial score (nSPS) is 12.6. The van der Waals surface area contributed by atoms with Crippen molar-refractivity contribution in [3.8, 4) is 0 Å². The van der Waals surface area contributed by atoms with E-state index in [1.54, 1.807) is 12.5 Å². The molecule has 10 rings (SSSR count). The van der Waals surface area contributed by atoms with Crippen LogP contribution in [0.25, 0.3) is 33.1 Å². The maximum absolute atomic E-state index is 11.0. The molecule has 0 bridgehead atoms. The fraction of sp³-hybridized carbons (Fsp3) is 0.263. The van der Waals surface area contributed by atoms with Crippen LogP contribution in [0.4, 0.5) is 5.82 Å². The van der Waals surface area contributed by atoms with E-state index in [1.807, 2.05) is 117 Å². The van der Waals surface area contributed by atoms with Crippen LogP contribution in [0.2, 0.25) is 10.3 Å². The number of halogens is 5. The smallest absolute Gasteiger partial charge is 0.264 e. The van der Waals surface area contributed by atoms with Crippen molar-refractivity contribution in [3.63, 3.8) is 0 Å². The highest BCUT2D eigenvalue weighted by Crippen LogP contribution is 2.31. The van der Waals surface area contributed by atoms with Gasteiger partial charge in [-0.15, -0.1) is 34.8 Å². The Labute approximate surface area is 480 Å². The second-order valence-electron chi connectivity index (χ2n) is 17.3. The molecule has 0 fully saturated rings. The second kappa shape index (κ2) is 32.0. The highest BCUT2D eigenvalue weighted by molar-refractivity contribution is 7.86. The van der Waals surface area contributed by atoms with Crippen LogP contribution in [0.15, 0.2) is 177 Å². The maximum atomic E-state index is 11.0. The quantitative estimate of drug-likeness (QED) is 0.0362. The number of nitrogens with one attached hydrogen (secondary N) is 3. The lowest BCUT2D eigenvalue weighted by molar-refractivity contribution is 0.174. The van der Waals surface area contributed by atoms with E-state index in [2.05, 4.69) is 103 Å². The Morgan fingerprint density at radius 1 is 0.564 bits per heavy atom. The predicted octanol–water partition coefficient (Wildman–Crippen LogP) is 13.3. The van der Waals surface area contributed by atoms with Crippen molar-refractivity contribution < 1.29 is 17.7 Å². The Kier molecular flexibility index (Phi) is 25.1. The molecule has 0 saturated carbocycles. The second-order valence-corrected chi connectivity index (χ2v) is 20.7. The number of aromatic amines is 1. The fourth-order valence-electron chi connectivity index (χ4n) is 8.31. The number of aromatic nitrogens is 9. The van der Waals surface area contributed by atoms with Crippen molar-refractivity contribution >= 4 is 107 Å². The van der Waals surface area contributed by atoms with E-state index in [1.165, 1.54) is 23.8 Å². The van der Waals surface area contributed by atoms with Gasteiger partial charge < -0.3 is 29.9 Å². The van der Waals surface area contributed by atoms with Crippen LogP contribution in [-0.4, -0.2) is 102 Å². The van der Waals surface area contributed by atoms with E-state index in [0.717, 1.165) is 75.7 Å². The first kappa shape index (κ1) is 61.0. The van der Waals surface area contributed by atoms with Crippen LogP contribution in [0, 0.1) is 0 Å². The average Bonchev–Trinajstić information content (AvgIpc) is 4.26. The Morgan fingerprint density at radius 3 is 1.55 bits per heavy atom. The molecule has 0 aliphatic carbocycles. The summed E-state index contributed by atoms with van der Waals surface area (Å²) in [5, 5.41) is 19.6. The molecule has 78 heavy (non-hydrogen) atoms. The molecule has 4 atom stereocenters.